The molecule has 2 N–H and O–H groups in total. The van der Waals surface area contributed by atoms with Gasteiger partial charge in [0.05, 0.1) is 6.61 Å². The Labute approximate surface area is 195 Å². The predicted octanol–water partition coefficient (Wildman–Crippen LogP) is 1.47. The lowest BCUT2D eigenvalue weighted by molar-refractivity contribution is -0.150. The van der Waals surface area contributed by atoms with Gasteiger partial charge in [0.25, 0.3) is 5.91 Å². The number of benzene rings is 1. The molecule has 0 radical (unpaired) electrons. The number of fused-ring (bicyclic) bond motifs is 3. The van der Waals surface area contributed by atoms with Crippen molar-refractivity contribution >= 4 is 11.8 Å². The second-order valence-corrected chi connectivity index (χ2v) is 8.38. The fraction of sp³-hybridized carbons (Fsp3) is 0.280. The SMILES string of the molecule is O=C1C2=C(C3=CNC4=CC=CC=CC43)OC(c3ccc4c(c3)OCCO4)N2C(=O)CN1CCO. The van der Waals surface area contributed by atoms with Gasteiger partial charge in [-0.1, -0.05) is 24.3 Å². The van der Waals surface area contributed by atoms with Crippen molar-refractivity contribution in [1.82, 2.24) is 15.1 Å². The van der Waals surface area contributed by atoms with Gasteiger partial charge in [-0.15, -0.1) is 0 Å². The van der Waals surface area contributed by atoms with E-state index in [9.17, 15) is 14.7 Å². The molecule has 0 spiro atoms. The lowest BCUT2D eigenvalue weighted by Gasteiger charge is -2.34. The van der Waals surface area contributed by atoms with Crippen molar-refractivity contribution in [3.63, 3.8) is 0 Å². The molecule has 0 bridgehead atoms. The number of hydrogen-bond acceptors (Lipinski definition) is 7. The van der Waals surface area contributed by atoms with Crippen LogP contribution in [0, 0.1) is 5.92 Å². The molecule has 1 aromatic carbocycles. The third kappa shape index (κ3) is 3.19. The molecule has 2 atom stereocenters. The van der Waals surface area contributed by atoms with Crippen LogP contribution in [0.4, 0.5) is 0 Å². The van der Waals surface area contributed by atoms with Crippen LogP contribution in [0.3, 0.4) is 0 Å². The van der Waals surface area contributed by atoms with E-state index in [0.717, 1.165) is 11.3 Å². The van der Waals surface area contributed by atoms with Crippen LogP contribution in [0.25, 0.3) is 0 Å². The zero-order valence-corrected chi connectivity index (χ0v) is 18.3. The summed E-state index contributed by atoms with van der Waals surface area (Å²) >= 11 is 0. The number of carbonyl (C=O) groups excluding carboxylic acids is 2. The van der Waals surface area contributed by atoms with Crippen LogP contribution in [-0.2, 0) is 14.3 Å². The first-order valence-electron chi connectivity index (χ1n) is 11.2. The lowest BCUT2D eigenvalue weighted by atomic mass is 9.96. The van der Waals surface area contributed by atoms with E-state index in [4.69, 9.17) is 14.2 Å². The summed E-state index contributed by atoms with van der Waals surface area (Å²) in [5.41, 5.74) is 2.57. The molecule has 1 fully saturated rings. The van der Waals surface area contributed by atoms with Crippen molar-refractivity contribution in [2.24, 2.45) is 5.92 Å². The molecule has 174 valence electrons. The van der Waals surface area contributed by atoms with E-state index >= 15 is 0 Å². The number of carbonyl (C=O) groups is 2. The van der Waals surface area contributed by atoms with Gasteiger partial charge in [-0.3, -0.25) is 14.5 Å². The minimum Gasteiger partial charge on any atom is -0.486 e. The second-order valence-electron chi connectivity index (χ2n) is 8.38. The molecule has 34 heavy (non-hydrogen) atoms. The number of β-amino-alcohol motifs (C(OH)–C–C–N with tert-alkyl or cyclic N) is 1. The number of amides is 2. The molecular weight excluding hydrogens is 438 g/mol. The van der Waals surface area contributed by atoms with Crippen molar-refractivity contribution in [3.05, 3.63) is 83.1 Å². The molecule has 1 aromatic rings. The summed E-state index contributed by atoms with van der Waals surface area (Å²) in [5.74, 6) is 0.786. The molecule has 2 unspecified atom stereocenters. The zero-order chi connectivity index (χ0) is 23.2. The minimum absolute atomic E-state index is 0.0690. The van der Waals surface area contributed by atoms with Crippen molar-refractivity contribution in [2.45, 2.75) is 6.23 Å². The first-order valence-corrected chi connectivity index (χ1v) is 11.2. The topological polar surface area (TPSA) is 101 Å². The third-order valence-corrected chi connectivity index (χ3v) is 6.35. The molecule has 2 amide bonds. The molecule has 9 heteroatoms. The molecule has 4 heterocycles. The maximum absolute atomic E-state index is 13.5. The Morgan fingerprint density at radius 1 is 1.09 bits per heavy atom. The van der Waals surface area contributed by atoms with Gasteiger partial charge in [-0.2, -0.15) is 0 Å². The van der Waals surface area contributed by atoms with Crippen LogP contribution in [0.5, 0.6) is 11.5 Å². The van der Waals surface area contributed by atoms with Crippen LogP contribution in [0.15, 0.2) is 77.5 Å². The quantitative estimate of drug-likeness (QED) is 0.701. The normalized spacial score (nSPS) is 24.9. The number of nitrogens with one attached hydrogen (secondary N) is 1. The van der Waals surface area contributed by atoms with Gasteiger partial charge in [-0.25, -0.2) is 0 Å². The maximum atomic E-state index is 13.5. The molecule has 0 aromatic heterocycles. The first kappa shape index (κ1) is 20.6. The van der Waals surface area contributed by atoms with Gasteiger partial charge in [0, 0.05) is 35.5 Å². The van der Waals surface area contributed by atoms with Crippen LogP contribution in [-0.4, -0.2) is 59.6 Å². The van der Waals surface area contributed by atoms with Gasteiger partial charge < -0.3 is 29.5 Å². The predicted molar refractivity (Wildman–Crippen MR) is 120 cm³/mol. The number of rotatable bonds is 4. The van der Waals surface area contributed by atoms with Crippen LogP contribution >= 0.6 is 0 Å². The highest BCUT2D eigenvalue weighted by atomic mass is 16.6. The summed E-state index contributed by atoms with van der Waals surface area (Å²) in [6.07, 6.45) is 10.8. The van der Waals surface area contributed by atoms with E-state index in [1.807, 2.05) is 42.6 Å². The lowest BCUT2D eigenvalue weighted by Crippen LogP contribution is -2.52. The average molecular weight is 461 g/mol. The highest BCUT2D eigenvalue weighted by molar-refractivity contribution is 6.04. The first-order chi connectivity index (χ1) is 16.7. The van der Waals surface area contributed by atoms with Gasteiger partial charge in [-0.05, 0) is 24.3 Å². The summed E-state index contributed by atoms with van der Waals surface area (Å²) in [6.45, 7) is 0.616. The number of ether oxygens (including phenoxy) is 3. The molecule has 9 nitrogen and oxygen atoms in total. The van der Waals surface area contributed by atoms with E-state index in [0.29, 0.717) is 36.0 Å². The van der Waals surface area contributed by atoms with Gasteiger partial charge >= 0.3 is 0 Å². The zero-order valence-electron chi connectivity index (χ0n) is 18.3. The van der Waals surface area contributed by atoms with Crippen LogP contribution < -0.4 is 14.8 Å². The van der Waals surface area contributed by atoms with Gasteiger partial charge in [0.1, 0.15) is 19.8 Å². The smallest absolute Gasteiger partial charge is 0.275 e. The molecule has 1 saturated heterocycles. The molecule has 1 aliphatic carbocycles. The Morgan fingerprint density at radius 2 is 1.94 bits per heavy atom. The fourth-order valence-electron chi connectivity index (χ4n) is 4.77. The number of nitrogens with zero attached hydrogens (tertiary/aromatic N) is 2. The number of hydrogen-bond donors (Lipinski definition) is 2. The van der Waals surface area contributed by atoms with Gasteiger partial charge in [0.2, 0.25) is 12.1 Å². The van der Waals surface area contributed by atoms with Crippen molar-refractivity contribution < 1.29 is 28.9 Å². The van der Waals surface area contributed by atoms with E-state index in [1.165, 1.54) is 9.80 Å². The summed E-state index contributed by atoms with van der Waals surface area (Å²) in [4.78, 5) is 29.6. The Morgan fingerprint density at radius 3 is 2.79 bits per heavy atom. The molecule has 4 aliphatic heterocycles. The molecule has 6 rings (SSSR count). The molecular formula is C25H23N3O6. The van der Waals surface area contributed by atoms with Crippen molar-refractivity contribution in [3.8, 4) is 11.5 Å². The number of allylic oxidation sites excluding steroid dienone is 6. The van der Waals surface area contributed by atoms with E-state index in [2.05, 4.69) is 5.32 Å². The fourth-order valence-corrected chi connectivity index (χ4v) is 4.77. The Kier molecular flexibility index (Phi) is 4.91. The maximum Gasteiger partial charge on any atom is 0.275 e. The van der Waals surface area contributed by atoms with E-state index in [-0.39, 0.29) is 43.1 Å². The summed E-state index contributed by atoms with van der Waals surface area (Å²) in [7, 11) is 0. The van der Waals surface area contributed by atoms with Gasteiger partial charge in [0.15, 0.2) is 23.0 Å². The Balaban J connectivity index is 1.43. The summed E-state index contributed by atoms with van der Waals surface area (Å²) < 4.78 is 17.8. The standard InChI is InChI=1S/C25H23N3O6/c29-9-8-27-14-21(30)28-22(24(27)31)23(17-13-26-18-5-3-1-2-4-16(17)18)34-25(28)15-6-7-19-20(12-15)33-11-10-32-19/h1-7,12-13,16,25-26,29H,8-11,14H2. The third-order valence-electron chi connectivity index (χ3n) is 6.35. The van der Waals surface area contributed by atoms with E-state index < -0.39 is 6.23 Å². The second kappa shape index (κ2) is 8.11. The van der Waals surface area contributed by atoms with Crippen LogP contribution in [0.1, 0.15) is 11.8 Å². The highest BCUT2D eigenvalue weighted by Crippen LogP contribution is 2.47. The van der Waals surface area contributed by atoms with Crippen molar-refractivity contribution in [2.75, 3.05) is 32.9 Å². The van der Waals surface area contributed by atoms with Crippen LogP contribution in [0.2, 0.25) is 0 Å². The highest BCUT2D eigenvalue weighted by Gasteiger charge is 2.49. The summed E-state index contributed by atoms with van der Waals surface area (Å²) in [6, 6.07) is 5.40. The Bertz CT molecular complexity index is 1230. The minimum atomic E-state index is -0.824. The van der Waals surface area contributed by atoms with E-state index in [1.54, 1.807) is 12.1 Å². The number of piperazine rings is 1. The summed E-state index contributed by atoms with van der Waals surface area (Å²) in [5, 5.41) is 12.7. The molecule has 5 aliphatic rings. The number of aliphatic hydroxyl groups excluding tert-OH is 1. The Hall–Kier alpha value is -3.98. The average Bonchev–Trinajstić information content (AvgIpc) is 3.36. The monoisotopic (exact) mass is 461 g/mol. The van der Waals surface area contributed by atoms with Crippen molar-refractivity contribution in [1.29, 1.82) is 0 Å². The largest absolute Gasteiger partial charge is 0.486 e. The number of aliphatic hydroxyl groups is 1. The molecule has 0 saturated carbocycles.